The Labute approximate surface area is 169 Å². The van der Waals surface area contributed by atoms with Gasteiger partial charge in [0.25, 0.3) is 5.89 Å². The number of benzene rings is 1. The maximum atomic E-state index is 6.45. The molecule has 3 aromatic rings. The van der Waals surface area contributed by atoms with Gasteiger partial charge in [-0.15, -0.1) is 12.4 Å². The predicted molar refractivity (Wildman–Crippen MR) is 107 cm³/mol. The normalized spacial score (nSPS) is 15.7. The van der Waals surface area contributed by atoms with Gasteiger partial charge in [-0.2, -0.15) is 10.1 Å². The largest absolute Gasteiger partial charge is 0.334 e. The fourth-order valence-corrected chi connectivity index (χ4v) is 3.90. The van der Waals surface area contributed by atoms with Crippen molar-refractivity contribution >= 4 is 24.0 Å². The van der Waals surface area contributed by atoms with Gasteiger partial charge in [0, 0.05) is 10.7 Å². The van der Waals surface area contributed by atoms with Gasteiger partial charge >= 0.3 is 0 Å². The van der Waals surface area contributed by atoms with Gasteiger partial charge in [-0.1, -0.05) is 47.8 Å². The van der Waals surface area contributed by atoms with Crippen molar-refractivity contribution in [1.82, 2.24) is 19.9 Å². The minimum absolute atomic E-state index is 0. The minimum atomic E-state index is -0.461. The third-order valence-corrected chi connectivity index (χ3v) is 5.61. The molecule has 2 aromatic heterocycles. The number of nitrogens with two attached hydrogens (primary N) is 1. The van der Waals surface area contributed by atoms with Crippen molar-refractivity contribution in [3.8, 4) is 11.5 Å². The molecule has 0 spiro atoms. The maximum Gasteiger partial charge on any atom is 0.261 e. The molecular weight excluding hydrogens is 385 g/mol. The summed E-state index contributed by atoms with van der Waals surface area (Å²) in [5, 5.41) is 9.54. The lowest BCUT2D eigenvalue weighted by Crippen LogP contribution is -2.34. The first-order valence-electron chi connectivity index (χ1n) is 8.89. The van der Waals surface area contributed by atoms with Gasteiger partial charge in [0.1, 0.15) is 0 Å². The molecular formula is C19H23Cl2N5O. The lowest BCUT2D eigenvalue weighted by Gasteiger charge is -2.17. The zero-order valence-electron chi connectivity index (χ0n) is 15.4. The van der Waals surface area contributed by atoms with E-state index in [9.17, 15) is 0 Å². The van der Waals surface area contributed by atoms with Crippen molar-refractivity contribution in [2.24, 2.45) is 5.73 Å². The Bertz CT molecular complexity index is 943. The van der Waals surface area contributed by atoms with Crippen LogP contribution in [-0.2, 0) is 12.1 Å². The van der Waals surface area contributed by atoms with Crippen LogP contribution in [0.3, 0.4) is 0 Å². The van der Waals surface area contributed by atoms with Crippen LogP contribution in [0.2, 0.25) is 5.02 Å². The van der Waals surface area contributed by atoms with E-state index >= 15 is 0 Å². The molecule has 27 heavy (non-hydrogen) atoms. The number of hydrogen-bond acceptors (Lipinski definition) is 5. The van der Waals surface area contributed by atoms with Gasteiger partial charge in [-0.05, 0) is 38.3 Å². The van der Waals surface area contributed by atoms with Gasteiger partial charge in [0.2, 0.25) is 0 Å². The minimum Gasteiger partial charge on any atom is -0.334 e. The first kappa shape index (κ1) is 19.9. The highest BCUT2D eigenvalue weighted by Crippen LogP contribution is 2.36. The Morgan fingerprint density at radius 1 is 1.22 bits per heavy atom. The number of rotatable bonds is 4. The average molecular weight is 408 g/mol. The number of aromatic nitrogens is 4. The molecule has 0 aliphatic heterocycles. The standard InChI is InChI=1S/C19H22ClN5O.ClH/c1-12-16(17-22-18(24-26-17)19(21)9-5-6-10-19)13(2)25(23-12)11-14-7-3-4-8-15(14)20;/h3-4,7-8H,5-6,9-11,21H2,1-2H3;1H. The first-order valence-corrected chi connectivity index (χ1v) is 9.26. The van der Waals surface area contributed by atoms with Crippen LogP contribution in [0.5, 0.6) is 0 Å². The zero-order valence-corrected chi connectivity index (χ0v) is 17.0. The van der Waals surface area contributed by atoms with E-state index in [-0.39, 0.29) is 12.4 Å². The van der Waals surface area contributed by atoms with Crippen LogP contribution in [0, 0.1) is 13.8 Å². The van der Waals surface area contributed by atoms with Gasteiger partial charge in [0.15, 0.2) is 5.82 Å². The molecule has 4 rings (SSSR count). The average Bonchev–Trinajstić information content (AvgIpc) is 3.31. The van der Waals surface area contributed by atoms with E-state index in [2.05, 4.69) is 15.2 Å². The van der Waals surface area contributed by atoms with E-state index in [4.69, 9.17) is 21.9 Å². The molecule has 1 fully saturated rings. The van der Waals surface area contributed by atoms with Crippen LogP contribution in [-0.4, -0.2) is 19.9 Å². The Kier molecular flexibility index (Phi) is 5.60. The van der Waals surface area contributed by atoms with Crippen LogP contribution in [0.1, 0.15) is 48.5 Å². The Morgan fingerprint density at radius 2 is 1.93 bits per heavy atom. The van der Waals surface area contributed by atoms with E-state index in [0.29, 0.717) is 18.3 Å². The topological polar surface area (TPSA) is 82.8 Å². The molecule has 1 aromatic carbocycles. The second kappa shape index (κ2) is 7.62. The summed E-state index contributed by atoms with van der Waals surface area (Å²) >= 11 is 6.29. The summed E-state index contributed by atoms with van der Waals surface area (Å²) in [6.45, 7) is 4.54. The fourth-order valence-electron chi connectivity index (χ4n) is 3.71. The SMILES string of the molecule is Cc1nn(Cc2ccccc2Cl)c(C)c1-c1nc(C2(N)CCCC2)no1.Cl. The smallest absolute Gasteiger partial charge is 0.261 e. The summed E-state index contributed by atoms with van der Waals surface area (Å²) in [5.74, 6) is 1.08. The second-order valence-corrected chi connectivity index (χ2v) is 7.49. The predicted octanol–water partition coefficient (Wildman–Crippen LogP) is 4.40. The molecule has 2 heterocycles. The fraction of sp³-hybridized carbons (Fsp3) is 0.421. The van der Waals surface area contributed by atoms with Crippen LogP contribution in [0.4, 0.5) is 0 Å². The molecule has 1 saturated carbocycles. The summed E-state index contributed by atoms with van der Waals surface area (Å²) < 4.78 is 7.48. The van der Waals surface area contributed by atoms with Gasteiger partial charge in [-0.25, -0.2) is 0 Å². The van der Waals surface area contributed by atoms with Crippen LogP contribution < -0.4 is 5.73 Å². The van der Waals surface area contributed by atoms with Crippen molar-refractivity contribution in [3.05, 3.63) is 52.1 Å². The Morgan fingerprint density at radius 3 is 2.63 bits per heavy atom. The molecule has 6 nitrogen and oxygen atoms in total. The van der Waals surface area contributed by atoms with E-state index in [1.807, 2.05) is 42.8 Å². The summed E-state index contributed by atoms with van der Waals surface area (Å²) in [5.41, 5.74) is 9.70. The van der Waals surface area contributed by atoms with Crippen molar-refractivity contribution in [2.75, 3.05) is 0 Å². The Hall–Kier alpha value is -1.89. The van der Waals surface area contributed by atoms with E-state index in [0.717, 1.165) is 53.2 Å². The Balaban J connectivity index is 0.00000210. The summed E-state index contributed by atoms with van der Waals surface area (Å²) in [6.07, 6.45) is 4.01. The molecule has 0 saturated heterocycles. The molecule has 0 amide bonds. The van der Waals surface area contributed by atoms with Crippen molar-refractivity contribution in [3.63, 3.8) is 0 Å². The summed E-state index contributed by atoms with van der Waals surface area (Å²) in [4.78, 5) is 4.61. The summed E-state index contributed by atoms with van der Waals surface area (Å²) in [7, 11) is 0. The van der Waals surface area contributed by atoms with Gasteiger partial charge in [0.05, 0.1) is 23.3 Å². The lowest BCUT2D eigenvalue weighted by molar-refractivity contribution is 0.372. The van der Waals surface area contributed by atoms with E-state index in [1.165, 1.54) is 0 Å². The lowest BCUT2D eigenvalue weighted by atomic mass is 9.98. The van der Waals surface area contributed by atoms with Gasteiger partial charge < -0.3 is 10.3 Å². The highest BCUT2D eigenvalue weighted by atomic mass is 35.5. The maximum absolute atomic E-state index is 6.45. The van der Waals surface area contributed by atoms with Crippen LogP contribution in [0.25, 0.3) is 11.5 Å². The highest BCUT2D eigenvalue weighted by molar-refractivity contribution is 6.31. The number of halogens is 2. The monoisotopic (exact) mass is 407 g/mol. The number of aryl methyl sites for hydroxylation is 1. The molecule has 0 atom stereocenters. The molecule has 1 aliphatic rings. The zero-order chi connectivity index (χ0) is 18.3. The molecule has 0 unspecified atom stereocenters. The van der Waals surface area contributed by atoms with Crippen molar-refractivity contribution in [2.45, 2.75) is 51.6 Å². The molecule has 1 aliphatic carbocycles. The van der Waals surface area contributed by atoms with Crippen LogP contribution >= 0.6 is 24.0 Å². The summed E-state index contributed by atoms with van der Waals surface area (Å²) in [6, 6.07) is 7.78. The molecule has 144 valence electrons. The molecule has 0 bridgehead atoms. The molecule has 2 N–H and O–H groups in total. The molecule has 8 heteroatoms. The van der Waals surface area contributed by atoms with Crippen molar-refractivity contribution < 1.29 is 4.52 Å². The van der Waals surface area contributed by atoms with Gasteiger partial charge in [-0.3, -0.25) is 4.68 Å². The third-order valence-electron chi connectivity index (χ3n) is 5.24. The van der Waals surface area contributed by atoms with E-state index < -0.39 is 5.54 Å². The highest BCUT2D eigenvalue weighted by Gasteiger charge is 2.36. The van der Waals surface area contributed by atoms with E-state index in [1.54, 1.807) is 0 Å². The quantitative estimate of drug-likeness (QED) is 0.692. The number of nitrogens with zero attached hydrogens (tertiary/aromatic N) is 4. The second-order valence-electron chi connectivity index (χ2n) is 7.08. The third kappa shape index (κ3) is 3.61. The van der Waals surface area contributed by atoms with Crippen molar-refractivity contribution in [1.29, 1.82) is 0 Å². The first-order chi connectivity index (χ1) is 12.5. The molecule has 0 radical (unpaired) electrons. The number of hydrogen-bond donors (Lipinski definition) is 1. The van der Waals surface area contributed by atoms with Crippen LogP contribution in [0.15, 0.2) is 28.8 Å².